The number of aromatic nitrogens is 1. The highest BCUT2D eigenvalue weighted by Crippen LogP contribution is 2.29. The van der Waals surface area contributed by atoms with Crippen LogP contribution in [-0.4, -0.2) is 28.5 Å². The number of amides is 1. The fraction of sp³-hybridized carbons (Fsp3) is 0.348. The zero-order valence-corrected chi connectivity index (χ0v) is 15.8. The second-order valence-electron chi connectivity index (χ2n) is 7.61. The van der Waals surface area contributed by atoms with Gasteiger partial charge in [-0.25, -0.2) is 0 Å². The van der Waals surface area contributed by atoms with Gasteiger partial charge in [0.1, 0.15) is 5.69 Å². The van der Waals surface area contributed by atoms with E-state index < -0.39 is 0 Å². The van der Waals surface area contributed by atoms with E-state index in [0.717, 1.165) is 42.5 Å². The van der Waals surface area contributed by atoms with Crippen molar-refractivity contribution in [1.29, 1.82) is 0 Å². The van der Waals surface area contributed by atoms with E-state index in [1.807, 2.05) is 18.0 Å². The third-order valence-electron chi connectivity index (χ3n) is 5.70. The van der Waals surface area contributed by atoms with Crippen LogP contribution in [0.15, 0.2) is 48.5 Å². The van der Waals surface area contributed by atoms with Gasteiger partial charge in [0.25, 0.3) is 5.91 Å². The van der Waals surface area contributed by atoms with Gasteiger partial charge in [0, 0.05) is 31.4 Å². The van der Waals surface area contributed by atoms with Crippen molar-refractivity contribution in [2.75, 3.05) is 13.1 Å². The average Bonchev–Trinajstić information content (AvgIpc) is 2.99. The summed E-state index contributed by atoms with van der Waals surface area (Å²) in [5.74, 6) is 0.587. The van der Waals surface area contributed by atoms with Crippen molar-refractivity contribution in [3.63, 3.8) is 0 Å². The largest absolute Gasteiger partial charge is 0.339 e. The van der Waals surface area contributed by atoms with Crippen LogP contribution in [0.4, 0.5) is 0 Å². The number of benzene rings is 2. The third kappa shape index (κ3) is 2.92. The molecule has 1 fully saturated rings. The average molecular weight is 346 g/mol. The second kappa shape index (κ2) is 6.64. The number of hydrogen-bond acceptors (Lipinski definition) is 1. The quantitative estimate of drug-likeness (QED) is 0.653. The van der Waals surface area contributed by atoms with E-state index in [1.165, 1.54) is 16.7 Å². The van der Waals surface area contributed by atoms with Gasteiger partial charge in [-0.3, -0.25) is 4.79 Å². The van der Waals surface area contributed by atoms with E-state index in [1.54, 1.807) is 0 Å². The molecular weight excluding hydrogens is 320 g/mol. The number of aryl methyl sites for hydroxylation is 3. The smallest absolute Gasteiger partial charge is 0.270 e. The fourth-order valence-corrected chi connectivity index (χ4v) is 4.35. The minimum Gasteiger partial charge on any atom is -0.339 e. The molecule has 1 aromatic heterocycles. The number of fused-ring (bicyclic) bond motifs is 1. The number of piperidine rings is 1. The maximum Gasteiger partial charge on any atom is 0.270 e. The molecule has 4 rings (SSSR count). The molecule has 1 aliphatic rings. The van der Waals surface area contributed by atoms with Crippen molar-refractivity contribution < 1.29 is 4.79 Å². The van der Waals surface area contributed by atoms with Crippen LogP contribution >= 0.6 is 0 Å². The molecule has 1 unspecified atom stereocenters. The van der Waals surface area contributed by atoms with Crippen LogP contribution in [0.3, 0.4) is 0 Å². The Morgan fingerprint density at radius 2 is 1.88 bits per heavy atom. The lowest BCUT2D eigenvalue weighted by Gasteiger charge is -2.33. The number of carbonyl (C=O) groups excluding carboxylic acids is 1. The molecule has 0 radical (unpaired) electrons. The summed E-state index contributed by atoms with van der Waals surface area (Å²) in [5, 5.41) is 1.14. The predicted octanol–water partition coefficient (Wildman–Crippen LogP) is 4.81. The van der Waals surface area contributed by atoms with E-state index in [-0.39, 0.29) is 5.91 Å². The predicted molar refractivity (Wildman–Crippen MR) is 107 cm³/mol. The van der Waals surface area contributed by atoms with Crippen molar-refractivity contribution in [2.24, 2.45) is 7.05 Å². The number of carbonyl (C=O) groups is 1. The van der Waals surface area contributed by atoms with E-state index in [2.05, 4.69) is 60.9 Å². The van der Waals surface area contributed by atoms with Gasteiger partial charge in [-0.15, -0.1) is 0 Å². The van der Waals surface area contributed by atoms with Crippen LogP contribution < -0.4 is 0 Å². The summed E-state index contributed by atoms with van der Waals surface area (Å²) in [7, 11) is 2.00. The maximum atomic E-state index is 13.3. The van der Waals surface area contributed by atoms with Crippen molar-refractivity contribution in [1.82, 2.24) is 9.47 Å². The Morgan fingerprint density at radius 3 is 2.65 bits per heavy atom. The summed E-state index contributed by atoms with van der Waals surface area (Å²) in [5.41, 5.74) is 5.80. The fourth-order valence-electron chi connectivity index (χ4n) is 4.35. The first-order valence-corrected chi connectivity index (χ1v) is 9.45. The van der Waals surface area contributed by atoms with Crippen LogP contribution in [0.5, 0.6) is 0 Å². The minimum atomic E-state index is 0.153. The number of hydrogen-bond donors (Lipinski definition) is 0. The standard InChI is InChI=1S/C23H26N2O/c1-16-7-4-9-18(13-16)20-11-6-12-25(15-20)23(26)21-14-19-10-5-8-17(2)22(19)24(21)3/h4-5,7-10,13-14,20H,6,11-12,15H2,1-3H3. The van der Waals surface area contributed by atoms with Gasteiger partial charge in [0.05, 0.1) is 5.52 Å². The topological polar surface area (TPSA) is 25.2 Å². The third-order valence-corrected chi connectivity index (χ3v) is 5.70. The monoisotopic (exact) mass is 346 g/mol. The lowest BCUT2D eigenvalue weighted by atomic mass is 9.89. The van der Waals surface area contributed by atoms with Gasteiger partial charge >= 0.3 is 0 Å². The Labute approximate surface area is 155 Å². The van der Waals surface area contributed by atoms with Crippen LogP contribution in [-0.2, 0) is 7.05 Å². The summed E-state index contributed by atoms with van der Waals surface area (Å²) in [4.78, 5) is 15.3. The SMILES string of the molecule is Cc1cccc(C2CCCN(C(=O)c3cc4cccc(C)c4n3C)C2)c1. The van der Waals surface area contributed by atoms with E-state index in [4.69, 9.17) is 0 Å². The van der Waals surface area contributed by atoms with E-state index in [9.17, 15) is 4.79 Å². The molecule has 134 valence electrons. The molecule has 0 aliphatic carbocycles. The molecule has 0 spiro atoms. The molecule has 0 bridgehead atoms. The highest BCUT2D eigenvalue weighted by molar-refractivity contribution is 5.99. The normalized spacial score (nSPS) is 17.7. The molecule has 1 saturated heterocycles. The van der Waals surface area contributed by atoms with Gasteiger partial charge in [0.15, 0.2) is 0 Å². The Hall–Kier alpha value is -2.55. The molecule has 2 aromatic carbocycles. The van der Waals surface area contributed by atoms with Crippen LogP contribution in [0, 0.1) is 13.8 Å². The van der Waals surface area contributed by atoms with Crippen molar-refractivity contribution in [3.05, 3.63) is 70.9 Å². The molecular formula is C23H26N2O. The molecule has 3 aromatic rings. The van der Waals surface area contributed by atoms with Gasteiger partial charge < -0.3 is 9.47 Å². The summed E-state index contributed by atoms with van der Waals surface area (Å²) in [6.07, 6.45) is 2.22. The zero-order valence-electron chi connectivity index (χ0n) is 15.8. The Kier molecular flexibility index (Phi) is 4.31. The highest BCUT2D eigenvalue weighted by atomic mass is 16.2. The molecule has 3 nitrogen and oxygen atoms in total. The Morgan fingerprint density at radius 1 is 1.08 bits per heavy atom. The molecule has 1 atom stereocenters. The van der Waals surface area contributed by atoms with Gasteiger partial charge in [0.2, 0.25) is 0 Å². The summed E-state index contributed by atoms with van der Waals surface area (Å²) in [6.45, 7) is 5.89. The number of rotatable bonds is 2. The lowest BCUT2D eigenvalue weighted by Crippen LogP contribution is -2.39. The molecule has 3 heteroatoms. The summed E-state index contributed by atoms with van der Waals surface area (Å²) >= 11 is 0. The lowest BCUT2D eigenvalue weighted by molar-refractivity contribution is 0.0698. The highest BCUT2D eigenvalue weighted by Gasteiger charge is 2.27. The molecule has 0 saturated carbocycles. The first-order chi connectivity index (χ1) is 12.5. The summed E-state index contributed by atoms with van der Waals surface area (Å²) < 4.78 is 2.06. The first-order valence-electron chi connectivity index (χ1n) is 9.45. The number of nitrogens with zero attached hydrogens (tertiary/aromatic N) is 2. The second-order valence-corrected chi connectivity index (χ2v) is 7.61. The van der Waals surface area contributed by atoms with Crippen molar-refractivity contribution in [3.8, 4) is 0 Å². The maximum absolute atomic E-state index is 13.3. The van der Waals surface area contributed by atoms with E-state index in [0.29, 0.717) is 5.92 Å². The molecule has 1 amide bonds. The van der Waals surface area contributed by atoms with Crippen LogP contribution in [0.25, 0.3) is 10.9 Å². The molecule has 2 heterocycles. The Balaban J connectivity index is 1.62. The minimum absolute atomic E-state index is 0.153. The molecule has 1 aliphatic heterocycles. The van der Waals surface area contributed by atoms with Gasteiger partial charge in [-0.05, 0) is 43.9 Å². The Bertz CT molecular complexity index is 969. The van der Waals surface area contributed by atoms with Crippen molar-refractivity contribution in [2.45, 2.75) is 32.6 Å². The summed E-state index contributed by atoms with van der Waals surface area (Å²) in [6, 6.07) is 17.0. The number of para-hydroxylation sites is 1. The number of likely N-dealkylation sites (tertiary alicyclic amines) is 1. The van der Waals surface area contributed by atoms with Crippen molar-refractivity contribution >= 4 is 16.8 Å². The zero-order chi connectivity index (χ0) is 18.3. The first kappa shape index (κ1) is 16.9. The van der Waals surface area contributed by atoms with Gasteiger partial charge in [-0.1, -0.05) is 48.0 Å². The van der Waals surface area contributed by atoms with Crippen LogP contribution in [0.1, 0.15) is 45.9 Å². The molecule has 0 N–H and O–H groups in total. The van der Waals surface area contributed by atoms with E-state index >= 15 is 0 Å². The van der Waals surface area contributed by atoms with Gasteiger partial charge in [-0.2, -0.15) is 0 Å². The molecule has 26 heavy (non-hydrogen) atoms. The van der Waals surface area contributed by atoms with Crippen LogP contribution in [0.2, 0.25) is 0 Å².